The summed E-state index contributed by atoms with van der Waals surface area (Å²) in [4.78, 5) is 20.7. The van der Waals surface area contributed by atoms with Gasteiger partial charge in [-0.1, -0.05) is 11.6 Å². The molecule has 0 saturated heterocycles. The van der Waals surface area contributed by atoms with Crippen LogP contribution in [0.1, 0.15) is 15.9 Å². The summed E-state index contributed by atoms with van der Waals surface area (Å²) in [7, 11) is 1.86. The SMILES string of the molecule is CN(Cc1ccsc1)c1ncnc(Cl)c1C=O. The Labute approximate surface area is 108 Å². The Morgan fingerprint density at radius 2 is 2.35 bits per heavy atom. The van der Waals surface area contributed by atoms with Crippen molar-refractivity contribution in [1.82, 2.24) is 9.97 Å². The van der Waals surface area contributed by atoms with Gasteiger partial charge < -0.3 is 4.90 Å². The van der Waals surface area contributed by atoms with Crippen LogP contribution in [0.4, 0.5) is 5.82 Å². The average Bonchev–Trinajstić information content (AvgIpc) is 2.81. The molecule has 0 amide bonds. The van der Waals surface area contributed by atoms with Gasteiger partial charge in [-0.25, -0.2) is 9.97 Å². The molecule has 88 valence electrons. The highest BCUT2D eigenvalue weighted by molar-refractivity contribution is 7.07. The molecule has 0 saturated carbocycles. The monoisotopic (exact) mass is 267 g/mol. The molecule has 2 aromatic heterocycles. The predicted octanol–water partition coefficient (Wildman–Crippen LogP) is 2.64. The molecule has 0 unspecified atom stereocenters. The molecule has 2 heterocycles. The molecule has 4 nitrogen and oxygen atoms in total. The number of carbonyl (C=O) groups excluding carboxylic acids is 1. The first kappa shape index (κ1) is 12.0. The zero-order chi connectivity index (χ0) is 12.3. The summed E-state index contributed by atoms with van der Waals surface area (Å²) in [5.74, 6) is 0.547. The Morgan fingerprint density at radius 1 is 1.53 bits per heavy atom. The maximum absolute atomic E-state index is 11.0. The normalized spacial score (nSPS) is 10.2. The number of thiophene rings is 1. The first-order valence-corrected chi connectivity index (χ1v) is 6.22. The van der Waals surface area contributed by atoms with Crippen LogP contribution in [0, 0.1) is 0 Å². The van der Waals surface area contributed by atoms with Gasteiger partial charge in [0.2, 0.25) is 0 Å². The summed E-state index contributed by atoms with van der Waals surface area (Å²) < 4.78 is 0. The van der Waals surface area contributed by atoms with Gasteiger partial charge >= 0.3 is 0 Å². The molecule has 0 atom stereocenters. The van der Waals surface area contributed by atoms with Crippen LogP contribution in [0.2, 0.25) is 5.15 Å². The number of nitrogens with zero attached hydrogens (tertiary/aromatic N) is 3. The molecule has 2 rings (SSSR count). The fraction of sp³-hybridized carbons (Fsp3) is 0.182. The van der Waals surface area contributed by atoms with Crippen LogP contribution in [-0.4, -0.2) is 23.3 Å². The molecule has 17 heavy (non-hydrogen) atoms. The number of hydrogen-bond donors (Lipinski definition) is 0. The van der Waals surface area contributed by atoms with Gasteiger partial charge in [-0.2, -0.15) is 11.3 Å². The summed E-state index contributed by atoms with van der Waals surface area (Å²) in [6.07, 6.45) is 2.04. The van der Waals surface area contributed by atoms with Gasteiger partial charge in [-0.3, -0.25) is 4.79 Å². The zero-order valence-electron chi connectivity index (χ0n) is 9.13. The quantitative estimate of drug-likeness (QED) is 0.631. The number of aldehydes is 1. The number of anilines is 1. The maximum Gasteiger partial charge on any atom is 0.156 e. The molecule has 0 bridgehead atoms. The fourth-order valence-electron chi connectivity index (χ4n) is 1.50. The van der Waals surface area contributed by atoms with E-state index in [1.165, 1.54) is 11.9 Å². The highest BCUT2D eigenvalue weighted by Gasteiger charge is 2.13. The van der Waals surface area contributed by atoms with Gasteiger partial charge in [0.15, 0.2) is 6.29 Å². The van der Waals surface area contributed by atoms with Crippen molar-refractivity contribution in [3.63, 3.8) is 0 Å². The zero-order valence-corrected chi connectivity index (χ0v) is 10.7. The van der Waals surface area contributed by atoms with Gasteiger partial charge in [0.05, 0.1) is 5.56 Å². The van der Waals surface area contributed by atoms with Crippen LogP contribution < -0.4 is 4.90 Å². The summed E-state index contributed by atoms with van der Waals surface area (Å²) >= 11 is 7.48. The molecule has 2 aromatic rings. The van der Waals surface area contributed by atoms with E-state index in [-0.39, 0.29) is 5.15 Å². The molecule has 0 radical (unpaired) electrons. The van der Waals surface area contributed by atoms with Crippen molar-refractivity contribution in [2.45, 2.75) is 6.54 Å². The van der Waals surface area contributed by atoms with Crippen LogP contribution >= 0.6 is 22.9 Å². The Bertz CT molecular complexity index is 515. The maximum atomic E-state index is 11.0. The average molecular weight is 268 g/mol. The molecule has 0 spiro atoms. The highest BCUT2D eigenvalue weighted by Crippen LogP contribution is 2.22. The lowest BCUT2D eigenvalue weighted by Crippen LogP contribution is -2.19. The van der Waals surface area contributed by atoms with Gasteiger partial charge in [-0.15, -0.1) is 0 Å². The third-order valence-corrected chi connectivity index (χ3v) is 3.33. The number of carbonyl (C=O) groups is 1. The van der Waals surface area contributed by atoms with Crippen molar-refractivity contribution in [2.24, 2.45) is 0 Å². The molecule has 0 aliphatic carbocycles. The van der Waals surface area contributed by atoms with Gasteiger partial charge in [0.1, 0.15) is 17.3 Å². The van der Waals surface area contributed by atoms with Crippen LogP contribution in [0.5, 0.6) is 0 Å². The molecule has 0 N–H and O–H groups in total. The minimum Gasteiger partial charge on any atom is -0.355 e. The topological polar surface area (TPSA) is 46.1 Å². The summed E-state index contributed by atoms with van der Waals surface area (Å²) in [5.41, 5.74) is 1.50. The van der Waals surface area contributed by atoms with Crippen molar-refractivity contribution >= 4 is 35.0 Å². The minimum absolute atomic E-state index is 0.183. The first-order chi connectivity index (χ1) is 8.22. The standard InChI is InChI=1S/C11H10ClN3OS/c1-15(4-8-2-3-17-6-8)11-9(5-16)10(12)13-7-14-11/h2-3,5-7H,4H2,1H3. The van der Waals surface area contributed by atoms with E-state index in [4.69, 9.17) is 11.6 Å². The molecular formula is C11H10ClN3OS. The van der Waals surface area contributed by atoms with E-state index in [0.29, 0.717) is 24.2 Å². The lowest BCUT2D eigenvalue weighted by molar-refractivity contribution is 0.112. The van der Waals surface area contributed by atoms with Crippen molar-refractivity contribution < 1.29 is 4.79 Å². The Morgan fingerprint density at radius 3 is 3.00 bits per heavy atom. The second-order valence-electron chi connectivity index (χ2n) is 3.51. The predicted molar refractivity (Wildman–Crippen MR) is 68.9 cm³/mol. The second-order valence-corrected chi connectivity index (χ2v) is 4.65. The van der Waals surface area contributed by atoms with E-state index in [9.17, 15) is 4.79 Å². The first-order valence-electron chi connectivity index (χ1n) is 4.90. The van der Waals surface area contributed by atoms with E-state index < -0.39 is 0 Å². The van der Waals surface area contributed by atoms with Crippen molar-refractivity contribution in [3.8, 4) is 0 Å². The Balaban J connectivity index is 2.27. The molecule has 0 aliphatic heterocycles. The second kappa shape index (κ2) is 5.25. The largest absolute Gasteiger partial charge is 0.355 e. The van der Waals surface area contributed by atoms with Crippen molar-refractivity contribution in [2.75, 3.05) is 11.9 Å². The lowest BCUT2D eigenvalue weighted by atomic mass is 10.3. The third kappa shape index (κ3) is 2.62. The highest BCUT2D eigenvalue weighted by atomic mass is 35.5. The molecule has 0 aliphatic rings. The van der Waals surface area contributed by atoms with Crippen LogP contribution in [-0.2, 0) is 6.54 Å². The van der Waals surface area contributed by atoms with Crippen LogP contribution in [0.25, 0.3) is 0 Å². The van der Waals surface area contributed by atoms with E-state index in [1.54, 1.807) is 11.3 Å². The minimum atomic E-state index is 0.183. The number of halogens is 1. The Kier molecular flexibility index (Phi) is 3.71. The smallest absolute Gasteiger partial charge is 0.156 e. The van der Waals surface area contributed by atoms with Crippen molar-refractivity contribution in [1.29, 1.82) is 0 Å². The van der Waals surface area contributed by atoms with Gasteiger partial charge in [0.25, 0.3) is 0 Å². The molecule has 0 fully saturated rings. The van der Waals surface area contributed by atoms with Crippen LogP contribution in [0.15, 0.2) is 23.2 Å². The lowest BCUT2D eigenvalue weighted by Gasteiger charge is -2.18. The summed E-state index contributed by atoms with van der Waals surface area (Å²) in [6.45, 7) is 0.678. The van der Waals surface area contributed by atoms with E-state index in [1.807, 2.05) is 23.4 Å². The molecular weight excluding hydrogens is 258 g/mol. The molecule has 6 heteroatoms. The third-order valence-electron chi connectivity index (χ3n) is 2.29. The number of hydrogen-bond acceptors (Lipinski definition) is 5. The summed E-state index contributed by atoms with van der Waals surface area (Å²) in [5, 5.41) is 4.25. The molecule has 0 aromatic carbocycles. The van der Waals surface area contributed by atoms with E-state index >= 15 is 0 Å². The Hall–Kier alpha value is -1.46. The number of aromatic nitrogens is 2. The van der Waals surface area contributed by atoms with E-state index in [0.717, 1.165) is 0 Å². The van der Waals surface area contributed by atoms with Crippen LogP contribution in [0.3, 0.4) is 0 Å². The van der Waals surface area contributed by atoms with Gasteiger partial charge in [-0.05, 0) is 22.4 Å². The fourth-order valence-corrected chi connectivity index (χ4v) is 2.33. The van der Waals surface area contributed by atoms with Crippen molar-refractivity contribution in [3.05, 3.63) is 39.4 Å². The van der Waals surface area contributed by atoms with E-state index in [2.05, 4.69) is 15.3 Å². The number of rotatable bonds is 4. The summed E-state index contributed by atoms with van der Waals surface area (Å²) in [6, 6.07) is 2.03. The van der Waals surface area contributed by atoms with Gasteiger partial charge in [0, 0.05) is 13.6 Å².